The zero-order valence-corrected chi connectivity index (χ0v) is 12.8. The van der Waals surface area contributed by atoms with Gasteiger partial charge in [-0.2, -0.15) is 5.10 Å². The minimum Gasteiger partial charge on any atom is -0.493 e. The maximum Gasteiger partial charge on any atom is 0.171 e. The van der Waals surface area contributed by atoms with Gasteiger partial charge in [-0.3, -0.25) is 4.68 Å². The summed E-state index contributed by atoms with van der Waals surface area (Å²) in [7, 11) is 3.70. The summed E-state index contributed by atoms with van der Waals surface area (Å²) in [6, 6.07) is 6.00. The van der Waals surface area contributed by atoms with Gasteiger partial charge in [0.15, 0.2) is 11.6 Å². The summed E-state index contributed by atoms with van der Waals surface area (Å²) in [5.41, 5.74) is 3.22. The predicted octanol–water partition coefficient (Wildman–Crippen LogP) is 2.35. The molecule has 0 radical (unpaired) electrons. The van der Waals surface area contributed by atoms with Crippen molar-refractivity contribution in [2.24, 2.45) is 0 Å². The molecule has 0 aromatic carbocycles. The lowest BCUT2D eigenvalue weighted by molar-refractivity contribution is 0.412. The molecule has 0 aliphatic carbocycles. The summed E-state index contributed by atoms with van der Waals surface area (Å²) in [5.74, 6) is 1.67. The molecule has 108 valence electrons. The molecule has 0 amide bonds. The lowest BCUT2D eigenvalue weighted by Crippen LogP contribution is -2.25. The number of anilines is 1. The highest BCUT2D eigenvalue weighted by Crippen LogP contribution is 2.24. The van der Waals surface area contributed by atoms with Gasteiger partial charge in [-0.05, 0) is 39.0 Å². The molecule has 0 saturated carbocycles. The highest BCUT2D eigenvalue weighted by atomic mass is 16.5. The second-order valence-corrected chi connectivity index (χ2v) is 5.05. The van der Waals surface area contributed by atoms with E-state index in [4.69, 9.17) is 4.74 Å². The Morgan fingerprint density at radius 2 is 1.95 bits per heavy atom. The molecule has 0 saturated heterocycles. The van der Waals surface area contributed by atoms with E-state index in [-0.39, 0.29) is 0 Å². The Balaban J connectivity index is 2.10. The van der Waals surface area contributed by atoms with Gasteiger partial charge in [-0.15, -0.1) is 0 Å². The number of likely N-dealkylation sites (N-methyl/N-ethyl adjacent to an activating group) is 1. The number of nitrogens with zero attached hydrogens (tertiary/aromatic N) is 4. The second-order valence-electron chi connectivity index (χ2n) is 5.05. The van der Waals surface area contributed by atoms with Crippen LogP contribution in [0.2, 0.25) is 0 Å². The molecule has 2 rings (SSSR count). The summed E-state index contributed by atoms with van der Waals surface area (Å²) in [5, 5.41) is 4.47. The molecule has 20 heavy (non-hydrogen) atoms. The molecule has 5 heteroatoms. The minimum absolute atomic E-state index is 0.798. The topological polar surface area (TPSA) is 43.2 Å². The molecular formula is C15H22N4O. The number of rotatable bonds is 5. The number of ether oxygens (including phenoxy) is 1. The Kier molecular flexibility index (Phi) is 4.27. The maximum absolute atomic E-state index is 5.37. The quantitative estimate of drug-likeness (QED) is 0.839. The van der Waals surface area contributed by atoms with E-state index in [2.05, 4.69) is 28.0 Å². The van der Waals surface area contributed by atoms with Crippen LogP contribution in [0.15, 0.2) is 18.2 Å². The first-order valence-corrected chi connectivity index (χ1v) is 6.75. The predicted molar refractivity (Wildman–Crippen MR) is 80.5 cm³/mol. The summed E-state index contributed by atoms with van der Waals surface area (Å²) < 4.78 is 7.40. The lowest BCUT2D eigenvalue weighted by Gasteiger charge is -2.21. The number of methoxy groups -OCH3 is 1. The fourth-order valence-corrected chi connectivity index (χ4v) is 2.21. The third kappa shape index (κ3) is 3.10. The fraction of sp³-hybridized carbons (Fsp3) is 0.467. The molecule has 0 aliphatic heterocycles. The smallest absolute Gasteiger partial charge is 0.171 e. The zero-order chi connectivity index (χ0) is 14.7. The van der Waals surface area contributed by atoms with Crippen LogP contribution < -0.4 is 9.64 Å². The number of aryl methyl sites for hydroxylation is 3. The number of hydrogen-bond donors (Lipinski definition) is 0. The molecule has 0 atom stereocenters. The van der Waals surface area contributed by atoms with Crippen molar-refractivity contribution in [2.75, 3.05) is 25.6 Å². The van der Waals surface area contributed by atoms with Gasteiger partial charge >= 0.3 is 0 Å². The third-order valence-electron chi connectivity index (χ3n) is 3.31. The third-order valence-corrected chi connectivity index (χ3v) is 3.31. The van der Waals surface area contributed by atoms with Gasteiger partial charge in [-0.25, -0.2) is 4.98 Å². The van der Waals surface area contributed by atoms with E-state index in [0.717, 1.165) is 36.0 Å². The molecule has 5 nitrogen and oxygen atoms in total. The average Bonchev–Trinajstić information content (AvgIpc) is 2.74. The Morgan fingerprint density at radius 3 is 2.55 bits per heavy atom. The average molecular weight is 274 g/mol. The van der Waals surface area contributed by atoms with Crippen molar-refractivity contribution >= 4 is 5.82 Å². The Labute approximate surface area is 120 Å². The lowest BCUT2D eigenvalue weighted by atomic mass is 10.3. The highest BCUT2D eigenvalue weighted by molar-refractivity contribution is 5.52. The maximum atomic E-state index is 5.37. The standard InChI is InChI=1S/C15H22N4O/c1-11-6-7-14(20-5)15(16-11)18(4)8-9-19-13(3)10-12(2)17-19/h6-7,10H,8-9H2,1-5H3. The van der Waals surface area contributed by atoms with Crippen LogP contribution in [0.5, 0.6) is 5.75 Å². The van der Waals surface area contributed by atoms with Crippen LogP contribution in [-0.2, 0) is 6.54 Å². The number of pyridine rings is 1. The Hall–Kier alpha value is -2.04. The van der Waals surface area contributed by atoms with E-state index < -0.39 is 0 Å². The van der Waals surface area contributed by atoms with Crippen LogP contribution in [0.4, 0.5) is 5.82 Å². The summed E-state index contributed by atoms with van der Waals surface area (Å²) in [6.45, 7) is 7.73. The molecular weight excluding hydrogens is 252 g/mol. The normalized spacial score (nSPS) is 10.7. The molecule has 0 spiro atoms. The van der Waals surface area contributed by atoms with Gasteiger partial charge in [0, 0.05) is 25.0 Å². The Bertz CT molecular complexity index is 592. The molecule has 0 unspecified atom stereocenters. The van der Waals surface area contributed by atoms with Crippen molar-refractivity contribution in [3.8, 4) is 5.75 Å². The SMILES string of the molecule is COc1ccc(C)nc1N(C)CCn1nc(C)cc1C. The van der Waals surface area contributed by atoms with Crippen molar-refractivity contribution in [1.82, 2.24) is 14.8 Å². The molecule has 0 fully saturated rings. The van der Waals surface area contributed by atoms with Gasteiger partial charge in [0.2, 0.25) is 0 Å². The fourth-order valence-electron chi connectivity index (χ4n) is 2.21. The van der Waals surface area contributed by atoms with Crippen molar-refractivity contribution in [2.45, 2.75) is 27.3 Å². The van der Waals surface area contributed by atoms with Crippen LogP contribution in [0.25, 0.3) is 0 Å². The van der Waals surface area contributed by atoms with Crippen molar-refractivity contribution < 1.29 is 4.74 Å². The minimum atomic E-state index is 0.798. The van der Waals surface area contributed by atoms with Gasteiger partial charge in [-0.1, -0.05) is 0 Å². The van der Waals surface area contributed by atoms with Gasteiger partial charge < -0.3 is 9.64 Å². The monoisotopic (exact) mass is 274 g/mol. The van der Waals surface area contributed by atoms with E-state index in [0.29, 0.717) is 0 Å². The first-order chi connectivity index (χ1) is 9.51. The molecule has 0 N–H and O–H groups in total. The molecule has 0 aliphatic rings. The summed E-state index contributed by atoms with van der Waals surface area (Å²) in [6.07, 6.45) is 0. The van der Waals surface area contributed by atoms with Crippen LogP contribution in [0.1, 0.15) is 17.1 Å². The summed E-state index contributed by atoms with van der Waals surface area (Å²) in [4.78, 5) is 6.65. The molecule has 0 bridgehead atoms. The van der Waals surface area contributed by atoms with Crippen LogP contribution in [0, 0.1) is 20.8 Å². The largest absolute Gasteiger partial charge is 0.493 e. The summed E-state index contributed by atoms with van der Waals surface area (Å²) >= 11 is 0. The van der Waals surface area contributed by atoms with Crippen LogP contribution in [0.3, 0.4) is 0 Å². The van der Waals surface area contributed by atoms with E-state index in [1.165, 1.54) is 5.69 Å². The first kappa shape index (κ1) is 14.4. The van der Waals surface area contributed by atoms with Gasteiger partial charge in [0.25, 0.3) is 0 Å². The second kappa shape index (κ2) is 5.94. The zero-order valence-electron chi connectivity index (χ0n) is 12.8. The van der Waals surface area contributed by atoms with Crippen molar-refractivity contribution in [1.29, 1.82) is 0 Å². The van der Waals surface area contributed by atoms with Gasteiger partial charge in [0.05, 0.1) is 19.3 Å². The number of hydrogen-bond acceptors (Lipinski definition) is 4. The number of aromatic nitrogens is 3. The molecule has 2 heterocycles. The van der Waals surface area contributed by atoms with E-state index in [1.807, 2.05) is 37.7 Å². The van der Waals surface area contributed by atoms with E-state index in [1.54, 1.807) is 7.11 Å². The van der Waals surface area contributed by atoms with E-state index >= 15 is 0 Å². The molecule has 2 aromatic rings. The van der Waals surface area contributed by atoms with Crippen LogP contribution >= 0.6 is 0 Å². The Morgan fingerprint density at radius 1 is 1.20 bits per heavy atom. The molecule has 2 aromatic heterocycles. The van der Waals surface area contributed by atoms with E-state index in [9.17, 15) is 0 Å². The van der Waals surface area contributed by atoms with Crippen molar-refractivity contribution in [3.63, 3.8) is 0 Å². The van der Waals surface area contributed by atoms with Crippen LogP contribution in [-0.4, -0.2) is 35.5 Å². The highest BCUT2D eigenvalue weighted by Gasteiger charge is 2.11. The van der Waals surface area contributed by atoms with Gasteiger partial charge in [0.1, 0.15) is 0 Å². The first-order valence-electron chi connectivity index (χ1n) is 6.75. The van der Waals surface area contributed by atoms with Crippen molar-refractivity contribution in [3.05, 3.63) is 35.3 Å².